The minimum atomic E-state index is -0.627. The van der Waals surface area contributed by atoms with Gasteiger partial charge in [0, 0.05) is 12.1 Å². The Kier molecular flexibility index (Phi) is 5.07. The monoisotopic (exact) mass is 317 g/mol. The fraction of sp³-hybridized carbons (Fsp3) is 0.667. The Bertz CT molecular complexity index is 465. The van der Waals surface area contributed by atoms with Gasteiger partial charge in [-0.1, -0.05) is 0 Å². The number of rotatable bonds is 4. The molecule has 18 heavy (non-hydrogen) atoms. The van der Waals surface area contributed by atoms with Crippen LogP contribution in [0.15, 0.2) is 15.6 Å². The van der Waals surface area contributed by atoms with E-state index in [4.69, 9.17) is 0 Å². The van der Waals surface area contributed by atoms with Crippen LogP contribution in [0.2, 0.25) is 0 Å². The molecule has 1 atom stereocenters. The van der Waals surface area contributed by atoms with Crippen molar-refractivity contribution in [3.05, 3.63) is 26.8 Å². The fourth-order valence-corrected chi connectivity index (χ4v) is 1.72. The summed E-state index contributed by atoms with van der Waals surface area (Å²) in [5, 5.41) is 13.1. The van der Waals surface area contributed by atoms with Crippen molar-refractivity contribution in [3.63, 3.8) is 0 Å². The highest BCUT2D eigenvalue weighted by Crippen LogP contribution is 2.06. The zero-order valence-electron chi connectivity index (χ0n) is 11.2. The molecule has 0 radical (unpaired) electrons. The van der Waals surface area contributed by atoms with Gasteiger partial charge in [-0.3, -0.25) is 9.36 Å². The Morgan fingerprint density at radius 1 is 1.56 bits per heavy atom. The van der Waals surface area contributed by atoms with Crippen molar-refractivity contribution in [1.82, 2.24) is 14.9 Å². The number of hydrogen-bond acceptors (Lipinski definition) is 4. The molecule has 0 fully saturated rings. The van der Waals surface area contributed by atoms with Crippen LogP contribution in [0.3, 0.4) is 0 Å². The number of aryl methyl sites for hydroxylation is 1. The largest absolute Gasteiger partial charge is 0.390 e. The third-order valence-electron chi connectivity index (χ3n) is 2.43. The summed E-state index contributed by atoms with van der Waals surface area (Å²) in [5.74, 6) is 0. The molecule has 1 aromatic rings. The van der Waals surface area contributed by atoms with E-state index < -0.39 is 6.10 Å². The number of aromatic nitrogens is 2. The van der Waals surface area contributed by atoms with E-state index >= 15 is 0 Å². The smallest absolute Gasteiger partial charge is 0.267 e. The molecule has 0 saturated heterocycles. The van der Waals surface area contributed by atoms with Crippen molar-refractivity contribution < 1.29 is 5.11 Å². The normalized spacial score (nSPS) is 13.7. The summed E-state index contributed by atoms with van der Waals surface area (Å²) in [5.41, 5.74) is 0.425. The first-order chi connectivity index (χ1) is 8.20. The second-order valence-electron chi connectivity index (χ2n) is 5.39. The van der Waals surface area contributed by atoms with Crippen molar-refractivity contribution >= 4 is 15.9 Å². The standard InChI is InChI=1S/C12H20BrN3O2/c1-8-10(13)11(18)16(7-14-8)6-9(17)5-15-12(2,3)4/h7,9,15,17H,5-6H2,1-4H3. The average Bonchev–Trinajstić information content (AvgIpc) is 2.26. The molecule has 1 unspecified atom stereocenters. The van der Waals surface area contributed by atoms with Crippen LogP contribution in [0.25, 0.3) is 0 Å². The molecule has 2 N–H and O–H groups in total. The Labute approximate surface area is 115 Å². The summed E-state index contributed by atoms with van der Waals surface area (Å²) in [6.45, 7) is 8.49. The van der Waals surface area contributed by atoms with Gasteiger partial charge in [0.15, 0.2) is 0 Å². The molecular weight excluding hydrogens is 298 g/mol. The van der Waals surface area contributed by atoms with Crippen molar-refractivity contribution in [3.8, 4) is 0 Å². The zero-order chi connectivity index (χ0) is 13.9. The predicted molar refractivity (Wildman–Crippen MR) is 74.7 cm³/mol. The van der Waals surface area contributed by atoms with Crippen molar-refractivity contribution in [2.24, 2.45) is 0 Å². The lowest BCUT2D eigenvalue weighted by Gasteiger charge is -2.23. The van der Waals surface area contributed by atoms with E-state index in [9.17, 15) is 9.90 Å². The molecule has 0 aromatic carbocycles. The number of aliphatic hydroxyl groups excluding tert-OH is 1. The molecule has 0 amide bonds. The molecule has 0 spiro atoms. The highest BCUT2D eigenvalue weighted by atomic mass is 79.9. The summed E-state index contributed by atoms with van der Waals surface area (Å²) in [6, 6.07) is 0. The van der Waals surface area contributed by atoms with Crippen molar-refractivity contribution in [2.45, 2.75) is 45.9 Å². The van der Waals surface area contributed by atoms with E-state index in [1.807, 2.05) is 20.8 Å². The first kappa shape index (κ1) is 15.3. The van der Waals surface area contributed by atoms with Crippen molar-refractivity contribution in [2.75, 3.05) is 6.54 Å². The Balaban J connectivity index is 2.68. The van der Waals surface area contributed by atoms with E-state index in [0.717, 1.165) is 0 Å². The lowest BCUT2D eigenvalue weighted by molar-refractivity contribution is 0.140. The molecule has 6 heteroatoms. The van der Waals surface area contributed by atoms with Gasteiger partial charge >= 0.3 is 0 Å². The summed E-state index contributed by atoms with van der Waals surface area (Å²) < 4.78 is 1.85. The molecule has 0 aliphatic rings. The minimum Gasteiger partial charge on any atom is -0.390 e. The van der Waals surface area contributed by atoms with Crippen LogP contribution >= 0.6 is 15.9 Å². The number of hydrogen-bond donors (Lipinski definition) is 2. The molecule has 1 heterocycles. The number of nitrogens with one attached hydrogen (secondary N) is 1. The highest BCUT2D eigenvalue weighted by molar-refractivity contribution is 9.10. The highest BCUT2D eigenvalue weighted by Gasteiger charge is 2.14. The van der Waals surface area contributed by atoms with Gasteiger partial charge in [-0.25, -0.2) is 4.98 Å². The second-order valence-corrected chi connectivity index (χ2v) is 6.18. The summed E-state index contributed by atoms with van der Waals surface area (Å²) in [7, 11) is 0. The first-order valence-corrected chi connectivity index (χ1v) is 6.64. The van der Waals surface area contributed by atoms with Crippen LogP contribution in [0.5, 0.6) is 0 Å². The zero-order valence-corrected chi connectivity index (χ0v) is 12.8. The number of β-amino-alcohol motifs (C(OH)–C–C–N with tert-alkyl or cyclic N) is 1. The Morgan fingerprint density at radius 3 is 2.72 bits per heavy atom. The topological polar surface area (TPSA) is 67.2 Å². The molecule has 1 rings (SSSR count). The third-order valence-corrected chi connectivity index (χ3v) is 3.35. The SMILES string of the molecule is Cc1ncn(CC(O)CNC(C)(C)C)c(=O)c1Br. The number of aliphatic hydroxyl groups is 1. The van der Waals surface area contributed by atoms with Gasteiger partial charge < -0.3 is 10.4 Å². The van der Waals surface area contributed by atoms with Crippen LogP contribution in [0, 0.1) is 6.92 Å². The van der Waals surface area contributed by atoms with Crippen LogP contribution < -0.4 is 10.9 Å². The maximum atomic E-state index is 11.9. The molecule has 5 nitrogen and oxygen atoms in total. The Morgan fingerprint density at radius 2 is 2.17 bits per heavy atom. The average molecular weight is 318 g/mol. The molecule has 0 saturated carbocycles. The molecule has 0 aliphatic carbocycles. The van der Waals surface area contributed by atoms with Gasteiger partial charge in [0.2, 0.25) is 0 Å². The van der Waals surface area contributed by atoms with Gasteiger partial charge in [0.25, 0.3) is 5.56 Å². The number of nitrogens with zero attached hydrogens (tertiary/aromatic N) is 2. The summed E-state index contributed by atoms with van der Waals surface area (Å²) >= 11 is 3.20. The van der Waals surface area contributed by atoms with E-state index in [1.54, 1.807) is 6.92 Å². The summed E-state index contributed by atoms with van der Waals surface area (Å²) in [4.78, 5) is 16.0. The van der Waals surface area contributed by atoms with Gasteiger partial charge in [-0.15, -0.1) is 0 Å². The van der Waals surface area contributed by atoms with Gasteiger partial charge in [-0.05, 0) is 43.6 Å². The second kappa shape index (κ2) is 5.95. The van der Waals surface area contributed by atoms with E-state index in [0.29, 0.717) is 16.7 Å². The molecular formula is C12H20BrN3O2. The number of halogens is 1. The van der Waals surface area contributed by atoms with Crippen LogP contribution in [0.4, 0.5) is 0 Å². The minimum absolute atomic E-state index is 0.0575. The molecule has 102 valence electrons. The Hall–Kier alpha value is -0.720. The van der Waals surface area contributed by atoms with Crippen LogP contribution in [-0.4, -0.2) is 32.8 Å². The quantitative estimate of drug-likeness (QED) is 0.871. The molecule has 1 aromatic heterocycles. The fourth-order valence-electron chi connectivity index (χ4n) is 1.39. The van der Waals surface area contributed by atoms with Crippen LogP contribution in [0.1, 0.15) is 26.5 Å². The van der Waals surface area contributed by atoms with E-state index in [1.165, 1.54) is 10.9 Å². The van der Waals surface area contributed by atoms with Gasteiger partial charge in [0.1, 0.15) is 4.47 Å². The molecule has 0 aliphatic heterocycles. The predicted octanol–water partition coefficient (Wildman–Crippen LogP) is 1.06. The van der Waals surface area contributed by atoms with E-state index in [2.05, 4.69) is 26.2 Å². The summed E-state index contributed by atoms with van der Waals surface area (Å²) in [6.07, 6.45) is 0.835. The lowest BCUT2D eigenvalue weighted by atomic mass is 10.1. The lowest BCUT2D eigenvalue weighted by Crippen LogP contribution is -2.42. The maximum Gasteiger partial charge on any atom is 0.267 e. The third kappa shape index (κ3) is 4.51. The first-order valence-electron chi connectivity index (χ1n) is 5.85. The van der Waals surface area contributed by atoms with Crippen molar-refractivity contribution in [1.29, 1.82) is 0 Å². The van der Waals surface area contributed by atoms with Gasteiger partial charge in [-0.2, -0.15) is 0 Å². The van der Waals surface area contributed by atoms with Gasteiger partial charge in [0.05, 0.1) is 24.7 Å². The maximum absolute atomic E-state index is 11.9. The van der Waals surface area contributed by atoms with Crippen LogP contribution in [-0.2, 0) is 6.54 Å². The van der Waals surface area contributed by atoms with E-state index in [-0.39, 0.29) is 17.6 Å². The molecule has 0 bridgehead atoms.